The molecule has 0 radical (unpaired) electrons. The van der Waals surface area contributed by atoms with E-state index in [0.717, 1.165) is 29.5 Å². The van der Waals surface area contributed by atoms with E-state index in [1.807, 2.05) is 13.8 Å². The Kier molecular flexibility index (Phi) is 3.73. The van der Waals surface area contributed by atoms with Crippen LogP contribution in [0.15, 0.2) is 6.07 Å². The van der Waals surface area contributed by atoms with Gasteiger partial charge in [-0.25, -0.2) is 5.21 Å². The monoisotopic (exact) mass is 280 g/mol. The van der Waals surface area contributed by atoms with Gasteiger partial charge in [0.15, 0.2) is 6.61 Å². The lowest BCUT2D eigenvalue weighted by Crippen LogP contribution is -2.15. The summed E-state index contributed by atoms with van der Waals surface area (Å²) in [4.78, 5) is 14.8. The van der Waals surface area contributed by atoms with Gasteiger partial charge in [-0.2, -0.15) is 4.84 Å². The predicted octanol–water partition coefficient (Wildman–Crippen LogP) is 2.56. The number of fused-ring (bicyclic) bond motifs is 1. The van der Waals surface area contributed by atoms with Crippen LogP contribution >= 0.6 is 0 Å². The summed E-state index contributed by atoms with van der Waals surface area (Å²) in [6.07, 6.45) is 1.11. The summed E-state index contributed by atoms with van der Waals surface area (Å²) in [6.45, 7) is 8.17. The van der Waals surface area contributed by atoms with Gasteiger partial charge in [0.2, 0.25) is 0 Å². The topological polar surface area (TPSA) is 69.8 Å². The van der Waals surface area contributed by atoms with Gasteiger partial charge in [-0.1, -0.05) is 19.9 Å². The summed E-state index contributed by atoms with van der Waals surface area (Å²) < 4.78 is 0. The molecule has 2 N–H and O–H groups in total. The van der Waals surface area contributed by atoms with Crippen LogP contribution in [0.1, 0.15) is 47.8 Å². The van der Waals surface area contributed by atoms with Gasteiger partial charge >= 0.3 is 5.09 Å². The first-order valence-electron chi connectivity index (χ1n) is 6.80. The number of rotatable bonds is 4. The fraction of sp³-hybridized carbons (Fsp3) is 0.600. The maximum atomic E-state index is 10.4. The van der Waals surface area contributed by atoms with Gasteiger partial charge in [-0.3, -0.25) is 0 Å². The molecule has 110 valence electrons. The first kappa shape index (κ1) is 14.8. The molecule has 1 aliphatic carbocycles. The maximum absolute atomic E-state index is 10.4. The smallest absolute Gasteiger partial charge is 0.385 e. The molecule has 0 aromatic heterocycles. The van der Waals surface area contributed by atoms with Crippen molar-refractivity contribution in [1.82, 2.24) is 0 Å². The SMILES string of the molecule is Cc1cc2c(c(C)c1[C@H](O)CO[N+](=O)O)CC(C)(C)C2. The second-order valence-electron chi connectivity index (χ2n) is 6.44. The van der Waals surface area contributed by atoms with Gasteiger partial charge < -0.3 is 5.11 Å². The molecule has 5 heteroatoms. The second kappa shape index (κ2) is 5.05. The van der Waals surface area contributed by atoms with E-state index in [0.29, 0.717) is 0 Å². The van der Waals surface area contributed by atoms with Crippen molar-refractivity contribution >= 4 is 0 Å². The largest absolute Gasteiger partial charge is 0.475 e. The molecule has 0 spiro atoms. The molecule has 0 saturated heterocycles. The summed E-state index contributed by atoms with van der Waals surface area (Å²) in [6, 6.07) is 2.11. The summed E-state index contributed by atoms with van der Waals surface area (Å²) in [5.41, 5.74) is 5.73. The van der Waals surface area contributed by atoms with E-state index >= 15 is 0 Å². The van der Waals surface area contributed by atoms with Crippen molar-refractivity contribution in [3.8, 4) is 0 Å². The molecule has 5 nitrogen and oxygen atoms in total. The Bertz CT molecular complexity index is 551. The molecule has 0 fully saturated rings. The Morgan fingerprint density at radius 2 is 2.05 bits per heavy atom. The summed E-state index contributed by atoms with van der Waals surface area (Å²) >= 11 is 0. The number of aliphatic hydroxyl groups is 1. The Labute approximate surface area is 118 Å². The van der Waals surface area contributed by atoms with Crippen LogP contribution in [0, 0.1) is 24.2 Å². The van der Waals surface area contributed by atoms with E-state index in [2.05, 4.69) is 24.8 Å². The first-order valence-corrected chi connectivity index (χ1v) is 6.80. The molecular weight excluding hydrogens is 258 g/mol. The van der Waals surface area contributed by atoms with Crippen molar-refractivity contribution in [2.45, 2.75) is 46.6 Å². The van der Waals surface area contributed by atoms with E-state index in [4.69, 9.17) is 5.21 Å². The molecule has 1 aliphatic rings. The lowest BCUT2D eigenvalue weighted by molar-refractivity contribution is -0.976. The Balaban J connectivity index is 2.34. The van der Waals surface area contributed by atoms with Crippen LogP contribution < -0.4 is 0 Å². The minimum atomic E-state index is -0.924. The van der Waals surface area contributed by atoms with Crippen LogP contribution in [-0.2, 0) is 17.7 Å². The van der Waals surface area contributed by atoms with Crippen molar-refractivity contribution in [2.24, 2.45) is 5.41 Å². The summed E-state index contributed by atoms with van der Waals surface area (Å²) in [7, 11) is 0. The number of benzene rings is 1. The Hall–Kier alpha value is -1.62. The molecule has 0 bridgehead atoms. The fourth-order valence-electron chi connectivity index (χ4n) is 3.32. The van der Waals surface area contributed by atoms with E-state index in [1.165, 1.54) is 11.1 Å². The molecule has 1 aromatic carbocycles. The van der Waals surface area contributed by atoms with Gasteiger partial charge in [0, 0.05) is 0 Å². The molecule has 0 saturated carbocycles. The fourth-order valence-corrected chi connectivity index (χ4v) is 3.32. The van der Waals surface area contributed by atoms with Gasteiger partial charge in [0.25, 0.3) is 0 Å². The third kappa shape index (κ3) is 2.77. The second-order valence-corrected chi connectivity index (χ2v) is 6.44. The molecule has 0 aliphatic heterocycles. The normalized spacial score (nSPS) is 17.6. The van der Waals surface area contributed by atoms with Crippen molar-refractivity contribution < 1.29 is 20.2 Å². The minimum absolute atomic E-state index is 0.247. The molecule has 1 aromatic rings. The molecule has 0 heterocycles. The van der Waals surface area contributed by atoms with Gasteiger partial charge in [-0.15, -0.1) is 0 Å². The van der Waals surface area contributed by atoms with Crippen LogP contribution in [0.4, 0.5) is 0 Å². The zero-order chi connectivity index (χ0) is 15.1. The number of hydrogen-bond acceptors (Lipinski definition) is 3. The van der Waals surface area contributed by atoms with Crippen LogP contribution in [0.5, 0.6) is 0 Å². The highest BCUT2D eigenvalue weighted by Crippen LogP contribution is 2.40. The summed E-state index contributed by atoms with van der Waals surface area (Å²) in [5, 5.41) is 18.0. The standard InChI is InChI=1S/C15H22NO4/c1-9-5-11-6-15(3,4)7-12(11)10(2)14(9)13(17)8-20-16(18)19/h5,13,17H,6-8H2,1-4H3,(H,18,19)/q+1/t13-/m1/s1. The van der Waals surface area contributed by atoms with Crippen molar-refractivity contribution in [3.63, 3.8) is 0 Å². The third-order valence-electron chi connectivity index (χ3n) is 4.06. The van der Waals surface area contributed by atoms with Crippen molar-refractivity contribution in [2.75, 3.05) is 6.61 Å². The number of nitrogens with zero attached hydrogens (tertiary/aromatic N) is 1. The molecule has 20 heavy (non-hydrogen) atoms. The Morgan fingerprint density at radius 3 is 2.65 bits per heavy atom. The van der Waals surface area contributed by atoms with Crippen LogP contribution in [-0.4, -0.2) is 22.0 Å². The lowest BCUT2D eigenvalue weighted by Gasteiger charge is -2.18. The highest BCUT2D eigenvalue weighted by molar-refractivity contribution is 5.49. The Morgan fingerprint density at radius 1 is 1.40 bits per heavy atom. The van der Waals surface area contributed by atoms with Crippen LogP contribution in [0.2, 0.25) is 0 Å². The lowest BCUT2D eigenvalue weighted by atomic mass is 9.89. The van der Waals surface area contributed by atoms with E-state index in [9.17, 15) is 10.0 Å². The van der Waals surface area contributed by atoms with Crippen molar-refractivity contribution in [1.29, 1.82) is 0 Å². The van der Waals surface area contributed by atoms with Crippen molar-refractivity contribution in [3.05, 3.63) is 38.8 Å². The first-order chi connectivity index (χ1) is 9.21. The molecular formula is C15H22NO4+. The van der Waals surface area contributed by atoms with Crippen LogP contribution in [0.3, 0.4) is 0 Å². The number of aryl methyl sites for hydroxylation is 1. The summed E-state index contributed by atoms with van der Waals surface area (Å²) in [5.74, 6) is 0. The zero-order valence-corrected chi connectivity index (χ0v) is 12.4. The van der Waals surface area contributed by atoms with E-state index in [1.54, 1.807) is 0 Å². The van der Waals surface area contributed by atoms with Crippen LogP contribution in [0.25, 0.3) is 0 Å². The molecule has 1 atom stereocenters. The quantitative estimate of drug-likeness (QED) is 0.832. The highest BCUT2D eigenvalue weighted by Gasteiger charge is 2.32. The average molecular weight is 280 g/mol. The third-order valence-corrected chi connectivity index (χ3v) is 4.06. The number of aliphatic hydroxyl groups excluding tert-OH is 1. The average Bonchev–Trinajstić information content (AvgIpc) is 2.61. The van der Waals surface area contributed by atoms with E-state index < -0.39 is 11.2 Å². The van der Waals surface area contributed by atoms with Gasteiger partial charge in [0.05, 0.1) is 0 Å². The molecule has 0 amide bonds. The number of hydrogen-bond donors (Lipinski definition) is 2. The van der Waals surface area contributed by atoms with Gasteiger partial charge in [0.1, 0.15) is 11.0 Å². The highest BCUT2D eigenvalue weighted by atomic mass is 17.0. The van der Waals surface area contributed by atoms with E-state index in [-0.39, 0.29) is 12.0 Å². The zero-order valence-electron chi connectivity index (χ0n) is 12.4. The molecule has 0 unspecified atom stereocenters. The maximum Gasteiger partial charge on any atom is 0.475 e. The predicted molar refractivity (Wildman–Crippen MR) is 73.4 cm³/mol. The van der Waals surface area contributed by atoms with Gasteiger partial charge in [-0.05, 0) is 59.9 Å². The molecule has 2 rings (SSSR count). The minimum Gasteiger partial charge on any atom is -0.385 e.